The summed E-state index contributed by atoms with van der Waals surface area (Å²) in [6.07, 6.45) is 7.97. The van der Waals surface area contributed by atoms with Gasteiger partial charge in [-0.3, -0.25) is 0 Å². The highest BCUT2D eigenvalue weighted by Gasteiger charge is 2.32. The third kappa shape index (κ3) is 5.28. The molecule has 0 aliphatic heterocycles. The highest BCUT2D eigenvalue weighted by molar-refractivity contribution is 7.13. The molecule has 3 unspecified atom stereocenters. The van der Waals surface area contributed by atoms with E-state index in [4.69, 9.17) is 39.9 Å². The van der Waals surface area contributed by atoms with Crippen molar-refractivity contribution < 1.29 is 15.0 Å². The van der Waals surface area contributed by atoms with Gasteiger partial charge in [-0.25, -0.2) is 9.78 Å². The molecule has 1 aliphatic rings. The Kier molecular flexibility index (Phi) is 7.40. The van der Waals surface area contributed by atoms with E-state index >= 15 is 0 Å². The molecule has 2 heterocycles. The van der Waals surface area contributed by atoms with Crippen LogP contribution in [0.2, 0.25) is 15.3 Å². The molecular weight excluding hydrogens is 441 g/mol. The summed E-state index contributed by atoms with van der Waals surface area (Å²) in [5, 5.41) is 20.2. The van der Waals surface area contributed by atoms with E-state index in [1.165, 1.54) is 11.3 Å². The van der Waals surface area contributed by atoms with Crippen molar-refractivity contribution in [2.24, 2.45) is 11.8 Å². The first kappa shape index (κ1) is 21.6. The molecule has 28 heavy (non-hydrogen) atoms. The van der Waals surface area contributed by atoms with Crippen LogP contribution in [0, 0.1) is 11.8 Å². The van der Waals surface area contributed by atoms with Gasteiger partial charge in [0, 0.05) is 10.8 Å². The molecule has 0 amide bonds. The largest absolute Gasteiger partial charge is 0.477 e. The fourth-order valence-corrected chi connectivity index (χ4v) is 5.19. The molecule has 2 aromatic rings. The highest BCUT2D eigenvalue weighted by Crippen LogP contribution is 2.38. The molecule has 0 saturated heterocycles. The Bertz CT molecular complexity index is 884. The van der Waals surface area contributed by atoms with Gasteiger partial charge in [0.05, 0.1) is 11.1 Å². The van der Waals surface area contributed by atoms with E-state index in [0.29, 0.717) is 21.4 Å². The average molecular weight is 461 g/mol. The van der Waals surface area contributed by atoms with Gasteiger partial charge < -0.3 is 10.2 Å². The lowest BCUT2D eigenvalue weighted by atomic mass is 9.89. The van der Waals surface area contributed by atoms with Gasteiger partial charge in [-0.15, -0.1) is 11.3 Å². The Hall–Kier alpha value is -1.11. The molecule has 0 bridgehead atoms. The number of carboxylic acid groups (broad SMARTS) is 1. The van der Waals surface area contributed by atoms with Gasteiger partial charge in [0.25, 0.3) is 0 Å². The second-order valence-corrected chi connectivity index (χ2v) is 9.24. The van der Waals surface area contributed by atoms with Crippen molar-refractivity contribution >= 4 is 58.2 Å². The molecular formula is C20H20Cl3NO3S. The Morgan fingerprint density at radius 2 is 2.07 bits per heavy atom. The summed E-state index contributed by atoms with van der Waals surface area (Å²) in [5.41, 5.74) is 0.685. The fraction of sp³-hybridized carbons (Fsp3) is 0.400. The zero-order valence-corrected chi connectivity index (χ0v) is 18.0. The number of carbonyl (C=O) groups is 1. The van der Waals surface area contributed by atoms with Crippen molar-refractivity contribution in [1.82, 2.24) is 4.98 Å². The molecule has 4 nitrogen and oxygen atoms in total. The average Bonchev–Trinajstić information content (AvgIpc) is 3.24. The topological polar surface area (TPSA) is 70.4 Å². The van der Waals surface area contributed by atoms with Crippen LogP contribution >= 0.6 is 46.1 Å². The molecule has 1 saturated carbocycles. The third-order valence-corrected chi connectivity index (χ3v) is 7.20. The number of pyridine rings is 1. The second-order valence-electron chi connectivity index (χ2n) is 6.94. The summed E-state index contributed by atoms with van der Waals surface area (Å²) in [6, 6.07) is 5.19. The number of aromatic carboxylic acids is 1. The predicted octanol–water partition coefficient (Wildman–Crippen LogP) is 6.22. The number of aliphatic hydroxyl groups excluding tert-OH is 1. The lowest BCUT2D eigenvalue weighted by molar-refractivity contribution is 0.0702. The van der Waals surface area contributed by atoms with Gasteiger partial charge in [-0.1, -0.05) is 47.0 Å². The quantitative estimate of drug-likeness (QED) is 0.481. The van der Waals surface area contributed by atoms with E-state index in [1.807, 2.05) is 18.2 Å². The Labute approximate surface area is 182 Å². The lowest BCUT2D eigenvalue weighted by Gasteiger charge is -2.18. The van der Waals surface area contributed by atoms with Crippen LogP contribution in [0.5, 0.6) is 0 Å². The van der Waals surface area contributed by atoms with Crippen molar-refractivity contribution in [3.63, 3.8) is 0 Å². The molecule has 1 fully saturated rings. The van der Waals surface area contributed by atoms with Crippen LogP contribution in [-0.2, 0) is 6.42 Å². The van der Waals surface area contributed by atoms with E-state index in [-0.39, 0.29) is 22.3 Å². The predicted molar refractivity (Wildman–Crippen MR) is 115 cm³/mol. The van der Waals surface area contributed by atoms with Crippen molar-refractivity contribution in [1.29, 1.82) is 0 Å². The van der Waals surface area contributed by atoms with Gasteiger partial charge in [-0.05, 0) is 61.8 Å². The highest BCUT2D eigenvalue weighted by atomic mass is 35.5. The van der Waals surface area contributed by atoms with Gasteiger partial charge in [0.1, 0.15) is 15.2 Å². The maximum Gasteiger partial charge on any atom is 0.345 e. The first-order chi connectivity index (χ1) is 13.3. The smallest absolute Gasteiger partial charge is 0.345 e. The first-order valence-electron chi connectivity index (χ1n) is 9.05. The number of aryl methyl sites for hydroxylation is 1. The van der Waals surface area contributed by atoms with Gasteiger partial charge in [0.2, 0.25) is 0 Å². The Morgan fingerprint density at radius 3 is 2.79 bits per heavy atom. The number of carboxylic acids is 1. The lowest BCUT2D eigenvalue weighted by Crippen LogP contribution is -2.16. The number of thiophene rings is 1. The number of aromatic nitrogens is 1. The van der Waals surface area contributed by atoms with Crippen molar-refractivity contribution in [3.8, 4) is 0 Å². The molecule has 1 aliphatic carbocycles. The monoisotopic (exact) mass is 459 g/mol. The summed E-state index contributed by atoms with van der Waals surface area (Å²) in [4.78, 5) is 16.3. The molecule has 8 heteroatoms. The molecule has 150 valence electrons. The Morgan fingerprint density at radius 1 is 1.29 bits per heavy atom. The van der Waals surface area contributed by atoms with Crippen LogP contribution in [0.25, 0.3) is 6.08 Å². The fourth-order valence-electron chi connectivity index (χ4n) is 3.69. The van der Waals surface area contributed by atoms with E-state index in [9.17, 15) is 9.90 Å². The molecule has 0 radical (unpaired) electrons. The summed E-state index contributed by atoms with van der Waals surface area (Å²) in [6.45, 7) is 0. The number of aliphatic hydroxyl groups is 1. The Balaban J connectivity index is 1.61. The standard InChI is InChI=1S/C20H20Cl3NO3S/c21-17-10-12(18(22)19(23)24-17)4-7-14-11(5-8-15(14)25)2-1-3-13-6-9-16(28-13)20(26)27/h4,6-7,9-11,14-15,25H,1-3,5,8H2,(H,26,27). The number of hydrogen-bond acceptors (Lipinski definition) is 4. The molecule has 0 spiro atoms. The molecule has 3 atom stereocenters. The zero-order chi connectivity index (χ0) is 20.3. The zero-order valence-electron chi connectivity index (χ0n) is 14.9. The summed E-state index contributed by atoms with van der Waals surface area (Å²) >= 11 is 19.4. The molecule has 2 aromatic heterocycles. The number of hydrogen-bond donors (Lipinski definition) is 2. The van der Waals surface area contributed by atoms with Gasteiger partial charge >= 0.3 is 5.97 Å². The van der Waals surface area contributed by atoms with Crippen LogP contribution in [0.3, 0.4) is 0 Å². The summed E-state index contributed by atoms with van der Waals surface area (Å²) in [5.74, 6) is -0.466. The molecule has 2 N–H and O–H groups in total. The van der Waals surface area contributed by atoms with Crippen molar-refractivity contribution in [3.05, 3.63) is 54.9 Å². The normalized spacial score (nSPS) is 22.2. The van der Waals surface area contributed by atoms with Crippen LogP contribution < -0.4 is 0 Å². The van der Waals surface area contributed by atoms with Crippen molar-refractivity contribution in [2.75, 3.05) is 0 Å². The SMILES string of the molecule is O=C(O)c1ccc(CCCC2CCC(O)C2C=Cc2cc(Cl)nc(Cl)c2Cl)s1. The van der Waals surface area contributed by atoms with Gasteiger partial charge in [0.15, 0.2) is 0 Å². The van der Waals surface area contributed by atoms with Crippen LogP contribution in [0.1, 0.15) is 45.8 Å². The number of nitrogens with zero attached hydrogens (tertiary/aromatic N) is 1. The number of halogens is 3. The second kappa shape index (κ2) is 9.59. The molecule has 3 rings (SSSR count). The maximum atomic E-state index is 11.0. The van der Waals surface area contributed by atoms with Crippen LogP contribution in [-0.4, -0.2) is 27.3 Å². The summed E-state index contributed by atoms with van der Waals surface area (Å²) < 4.78 is 0. The maximum absolute atomic E-state index is 11.0. The van der Waals surface area contributed by atoms with Crippen LogP contribution in [0.4, 0.5) is 0 Å². The number of rotatable bonds is 7. The first-order valence-corrected chi connectivity index (χ1v) is 11.0. The summed E-state index contributed by atoms with van der Waals surface area (Å²) in [7, 11) is 0. The minimum atomic E-state index is -0.879. The third-order valence-electron chi connectivity index (χ3n) is 5.10. The van der Waals surface area contributed by atoms with E-state index in [2.05, 4.69) is 4.98 Å². The van der Waals surface area contributed by atoms with Crippen LogP contribution in [0.15, 0.2) is 24.3 Å². The minimum Gasteiger partial charge on any atom is -0.477 e. The van der Waals surface area contributed by atoms with Crippen molar-refractivity contribution in [2.45, 2.75) is 38.2 Å². The van der Waals surface area contributed by atoms with E-state index in [1.54, 1.807) is 12.1 Å². The van der Waals surface area contributed by atoms with Gasteiger partial charge in [-0.2, -0.15) is 0 Å². The van der Waals surface area contributed by atoms with E-state index < -0.39 is 5.97 Å². The molecule has 0 aromatic carbocycles. The van der Waals surface area contributed by atoms with E-state index in [0.717, 1.165) is 37.0 Å². The minimum absolute atomic E-state index is 0.0414.